The Morgan fingerprint density at radius 1 is 1.29 bits per heavy atom. The number of phenols is 2. The zero-order chi connectivity index (χ0) is 17.4. The van der Waals surface area contributed by atoms with E-state index >= 15 is 0 Å². The highest BCUT2D eigenvalue weighted by molar-refractivity contribution is 5.85. The Morgan fingerprint density at radius 2 is 2.00 bits per heavy atom. The Bertz CT molecular complexity index is 947. The van der Waals surface area contributed by atoms with E-state index < -0.39 is 17.3 Å². The average molecular weight is 328 g/mol. The van der Waals surface area contributed by atoms with Crippen LogP contribution >= 0.6 is 0 Å². The number of halogens is 1. The predicted octanol–water partition coefficient (Wildman–Crippen LogP) is 4.14. The zero-order valence-corrected chi connectivity index (χ0v) is 13.4. The number of allylic oxidation sites excluding steroid dienone is 1. The number of benzene rings is 2. The van der Waals surface area contributed by atoms with Crippen LogP contribution in [0, 0.1) is 5.82 Å². The molecule has 0 aliphatic heterocycles. The molecule has 24 heavy (non-hydrogen) atoms. The Hall–Kier alpha value is -3.02. The summed E-state index contributed by atoms with van der Waals surface area (Å²) in [5, 5.41) is 19.6. The van der Waals surface area contributed by atoms with Crippen molar-refractivity contribution in [2.24, 2.45) is 0 Å². The molecule has 3 aromatic rings. The second-order valence-electron chi connectivity index (χ2n) is 5.32. The maximum Gasteiger partial charge on any atom is 0.203 e. The van der Waals surface area contributed by atoms with Gasteiger partial charge in [0.2, 0.25) is 5.75 Å². The lowest BCUT2D eigenvalue weighted by Gasteiger charge is -2.13. The molecule has 2 N–H and O–H groups in total. The summed E-state index contributed by atoms with van der Waals surface area (Å²) in [5.74, 6) is -2.23. The van der Waals surface area contributed by atoms with Crippen LogP contribution in [0.15, 0.2) is 36.9 Å². The van der Waals surface area contributed by atoms with Crippen molar-refractivity contribution in [1.82, 2.24) is 9.55 Å². The van der Waals surface area contributed by atoms with E-state index in [4.69, 9.17) is 4.74 Å². The molecule has 0 spiro atoms. The number of aromatic hydroxyl groups is 2. The molecule has 5 nitrogen and oxygen atoms in total. The summed E-state index contributed by atoms with van der Waals surface area (Å²) in [5.41, 5.74) is 2.20. The lowest BCUT2D eigenvalue weighted by Crippen LogP contribution is -2.00. The molecule has 2 aromatic carbocycles. The molecule has 0 saturated carbocycles. The quantitative estimate of drug-likeness (QED) is 0.706. The third-order valence-electron chi connectivity index (χ3n) is 3.92. The molecule has 0 unspecified atom stereocenters. The first-order valence-electron chi connectivity index (χ1n) is 7.44. The van der Waals surface area contributed by atoms with Crippen LogP contribution in [0.2, 0.25) is 0 Å². The van der Waals surface area contributed by atoms with Crippen molar-refractivity contribution in [3.63, 3.8) is 0 Å². The summed E-state index contributed by atoms with van der Waals surface area (Å²) in [6.07, 6.45) is 0.635. The number of fused-ring (bicyclic) bond motifs is 1. The number of ether oxygens (including phenoxy) is 1. The van der Waals surface area contributed by atoms with Crippen molar-refractivity contribution < 1.29 is 19.3 Å². The minimum atomic E-state index is -0.964. The maximum atomic E-state index is 14.6. The minimum Gasteiger partial charge on any atom is -0.502 e. The highest BCUT2D eigenvalue weighted by Crippen LogP contribution is 2.43. The molecule has 6 heteroatoms. The Morgan fingerprint density at radius 3 is 2.67 bits per heavy atom. The molecule has 0 aliphatic rings. The van der Waals surface area contributed by atoms with Crippen molar-refractivity contribution in [1.29, 1.82) is 0 Å². The first kappa shape index (κ1) is 15.9. The summed E-state index contributed by atoms with van der Waals surface area (Å²) in [6, 6.07) is 8.68. The van der Waals surface area contributed by atoms with Crippen molar-refractivity contribution in [3.8, 4) is 28.6 Å². The first-order chi connectivity index (χ1) is 11.5. The SMILES string of the molecule is C=C(CC)n1c(-c2cc(OC)c(O)c(O)c2F)nc2ccccc21. The molecule has 0 radical (unpaired) electrons. The fourth-order valence-corrected chi connectivity index (χ4v) is 2.61. The molecular weight excluding hydrogens is 311 g/mol. The van der Waals surface area contributed by atoms with Gasteiger partial charge in [-0.15, -0.1) is 0 Å². The number of para-hydroxylation sites is 2. The van der Waals surface area contributed by atoms with E-state index in [0.717, 1.165) is 11.2 Å². The lowest BCUT2D eigenvalue weighted by molar-refractivity contribution is 0.340. The lowest BCUT2D eigenvalue weighted by atomic mass is 10.1. The van der Waals surface area contributed by atoms with Crippen LogP contribution in [0.25, 0.3) is 28.1 Å². The topological polar surface area (TPSA) is 67.5 Å². The van der Waals surface area contributed by atoms with Gasteiger partial charge in [0.15, 0.2) is 17.3 Å². The van der Waals surface area contributed by atoms with Gasteiger partial charge in [0.1, 0.15) is 5.82 Å². The molecule has 0 amide bonds. The van der Waals surface area contributed by atoms with Crippen molar-refractivity contribution in [2.45, 2.75) is 13.3 Å². The highest BCUT2D eigenvalue weighted by Gasteiger charge is 2.23. The van der Waals surface area contributed by atoms with E-state index in [9.17, 15) is 14.6 Å². The second kappa shape index (κ2) is 5.88. The molecule has 0 saturated heterocycles. The third-order valence-corrected chi connectivity index (χ3v) is 3.92. The fraction of sp³-hybridized carbons (Fsp3) is 0.167. The van der Waals surface area contributed by atoms with E-state index in [2.05, 4.69) is 11.6 Å². The van der Waals surface area contributed by atoms with Crippen LogP contribution in [-0.2, 0) is 0 Å². The summed E-state index contributed by atoms with van der Waals surface area (Å²) < 4.78 is 21.3. The monoisotopic (exact) mass is 328 g/mol. The standard InChI is InChI=1S/C18H17FN2O3/c1-4-10(2)21-13-8-6-5-7-12(13)20-18(21)11-9-14(24-3)16(22)17(23)15(11)19/h5-9,22-23H,2,4H2,1,3H3. The van der Waals surface area contributed by atoms with Gasteiger partial charge in [0.25, 0.3) is 0 Å². The molecule has 1 aromatic heterocycles. The summed E-state index contributed by atoms with van der Waals surface area (Å²) in [4.78, 5) is 4.47. The number of rotatable bonds is 4. The number of methoxy groups -OCH3 is 1. The molecule has 0 aliphatic carbocycles. The fourth-order valence-electron chi connectivity index (χ4n) is 2.61. The van der Waals surface area contributed by atoms with Crippen LogP contribution < -0.4 is 4.74 Å². The van der Waals surface area contributed by atoms with Gasteiger partial charge < -0.3 is 14.9 Å². The van der Waals surface area contributed by atoms with Crippen LogP contribution in [0.4, 0.5) is 4.39 Å². The van der Waals surface area contributed by atoms with Gasteiger partial charge in [-0.2, -0.15) is 0 Å². The Labute approximate surface area is 138 Å². The molecule has 3 rings (SSSR count). The molecule has 1 heterocycles. The van der Waals surface area contributed by atoms with Crippen molar-refractivity contribution >= 4 is 16.7 Å². The number of phenolic OH excluding ortho intramolecular Hbond substituents is 2. The largest absolute Gasteiger partial charge is 0.502 e. The van der Waals surface area contributed by atoms with Crippen LogP contribution in [0.3, 0.4) is 0 Å². The van der Waals surface area contributed by atoms with E-state index in [-0.39, 0.29) is 17.1 Å². The van der Waals surface area contributed by atoms with Gasteiger partial charge in [-0.05, 0) is 24.6 Å². The average Bonchev–Trinajstić information content (AvgIpc) is 2.98. The Kier molecular flexibility index (Phi) is 3.89. The van der Waals surface area contributed by atoms with Gasteiger partial charge in [0.05, 0.1) is 23.7 Å². The van der Waals surface area contributed by atoms with Crippen molar-refractivity contribution in [3.05, 3.63) is 42.7 Å². The molecule has 0 bridgehead atoms. The van der Waals surface area contributed by atoms with Crippen LogP contribution in [0.1, 0.15) is 13.3 Å². The second-order valence-corrected chi connectivity index (χ2v) is 5.32. The molecule has 0 fully saturated rings. The van der Waals surface area contributed by atoms with Crippen LogP contribution in [0.5, 0.6) is 17.2 Å². The van der Waals surface area contributed by atoms with E-state index in [1.54, 1.807) is 4.57 Å². The highest BCUT2D eigenvalue weighted by atomic mass is 19.1. The number of hydrogen-bond acceptors (Lipinski definition) is 4. The van der Waals surface area contributed by atoms with E-state index in [0.29, 0.717) is 11.9 Å². The number of nitrogens with zero attached hydrogens (tertiary/aromatic N) is 2. The smallest absolute Gasteiger partial charge is 0.203 e. The van der Waals surface area contributed by atoms with E-state index in [1.165, 1.54) is 13.2 Å². The number of imidazole rings is 1. The number of aromatic nitrogens is 2. The van der Waals surface area contributed by atoms with Crippen LogP contribution in [-0.4, -0.2) is 26.9 Å². The molecule has 124 valence electrons. The van der Waals surface area contributed by atoms with Gasteiger partial charge in [-0.3, -0.25) is 4.57 Å². The Balaban J connectivity index is 2.38. The van der Waals surface area contributed by atoms with Gasteiger partial charge in [-0.1, -0.05) is 25.6 Å². The maximum absolute atomic E-state index is 14.6. The first-order valence-corrected chi connectivity index (χ1v) is 7.44. The van der Waals surface area contributed by atoms with Gasteiger partial charge >= 0.3 is 0 Å². The van der Waals surface area contributed by atoms with E-state index in [1.807, 2.05) is 31.2 Å². The van der Waals surface area contributed by atoms with Gasteiger partial charge in [-0.25, -0.2) is 9.37 Å². The molecule has 0 atom stereocenters. The normalized spacial score (nSPS) is 11.0. The van der Waals surface area contributed by atoms with Crippen molar-refractivity contribution in [2.75, 3.05) is 7.11 Å². The summed E-state index contributed by atoms with van der Waals surface area (Å²) >= 11 is 0. The molecular formula is C18H17FN2O3. The predicted molar refractivity (Wildman–Crippen MR) is 90.6 cm³/mol. The third kappa shape index (κ3) is 2.27. The number of hydrogen-bond donors (Lipinski definition) is 2. The summed E-state index contributed by atoms with van der Waals surface area (Å²) in [7, 11) is 1.32. The van der Waals surface area contributed by atoms with Gasteiger partial charge in [0, 0.05) is 5.70 Å². The minimum absolute atomic E-state index is 0.0212. The summed E-state index contributed by atoms with van der Waals surface area (Å²) in [6.45, 7) is 5.96. The zero-order valence-electron chi connectivity index (χ0n) is 13.4.